The lowest BCUT2D eigenvalue weighted by Crippen LogP contribution is -2.54. The van der Waals surface area contributed by atoms with Crippen molar-refractivity contribution in [3.05, 3.63) is 134 Å². The molecule has 57 heavy (non-hydrogen) atoms. The maximum Gasteiger partial charge on any atom is 0.332 e. The van der Waals surface area contributed by atoms with E-state index in [4.69, 9.17) is 41.4 Å². The van der Waals surface area contributed by atoms with Gasteiger partial charge in [0.25, 0.3) is 5.91 Å². The van der Waals surface area contributed by atoms with Crippen LogP contribution in [-0.4, -0.2) is 78.4 Å². The Morgan fingerprint density at radius 3 is 2.09 bits per heavy atom. The summed E-state index contributed by atoms with van der Waals surface area (Å²) >= 11 is 19.1. The molecule has 4 aliphatic rings. The van der Waals surface area contributed by atoms with Gasteiger partial charge in [0.2, 0.25) is 11.8 Å². The van der Waals surface area contributed by atoms with Crippen LogP contribution in [0.25, 0.3) is 4.85 Å². The monoisotopic (exact) mass is 819 g/mol. The van der Waals surface area contributed by atoms with Crippen LogP contribution in [0.15, 0.2) is 84.9 Å². The normalized spacial score (nSPS) is 27.3. The standard InChI is InChI=1S/C43H36Cl3N7O4/c1-24-13-29(44)16-33(14-24)52-38(54)25(2)42(39(52)55)22-49-36(37(42)28-9-11-32(48-3)12-10-28)21-51-20-35(27-7-5-26(19-47)6-8-27)43(23-51)40(56)53(41(57)50(43)4)34-17-30(45)15-31(46)18-34/h5-18,25,35-37,49H,20-23H2,1-2,4H3/t25-,35-,36?,37-,42-,43+/m0/s1. The number of rotatable bonds is 6. The number of nitrogens with one attached hydrogen (secondary N) is 1. The number of hydrogen-bond donors (Lipinski definition) is 1. The Hall–Kier alpha value is -5.27. The number of anilines is 2. The minimum absolute atomic E-state index is 0.147. The van der Waals surface area contributed by atoms with Crippen LogP contribution in [-0.2, 0) is 14.4 Å². The third-order valence-electron chi connectivity index (χ3n) is 12.4. The van der Waals surface area contributed by atoms with Crippen LogP contribution in [0.2, 0.25) is 15.1 Å². The molecule has 2 spiro atoms. The minimum atomic E-state index is -1.36. The minimum Gasteiger partial charge on any atom is -0.311 e. The van der Waals surface area contributed by atoms with Crippen molar-refractivity contribution in [3.8, 4) is 6.07 Å². The number of amides is 5. The number of likely N-dealkylation sites (N-methyl/N-ethyl adjacent to an activating group) is 1. The molecule has 0 bridgehead atoms. The Bertz CT molecular complexity index is 2410. The van der Waals surface area contributed by atoms with Gasteiger partial charge in [-0.05, 0) is 72.1 Å². The molecule has 6 atom stereocenters. The van der Waals surface area contributed by atoms with Crippen molar-refractivity contribution >= 4 is 75.6 Å². The predicted octanol–water partition coefficient (Wildman–Crippen LogP) is 7.57. The third-order valence-corrected chi connectivity index (χ3v) is 13.0. The van der Waals surface area contributed by atoms with Gasteiger partial charge in [0, 0.05) is 66.2 Å². The molecule has 4 aliphatic heterocycles. The smallest absolute Gasteiger partial charge is 0.311 e. The number of urea groups is 1. The lowest BCUT2D eigenvalue weighted by molar-refractivity contribution is -0.127. The molecule has 4 fully saturated rings. The van der Waals surface area contributed by atoms with Gasteiger partial charge in [-0.25, -0.2) is 19.4 Å². The second-order valence-electron chi connectivity index (χ2n) is 15.4. The van der Waals surface area contributed by atoms with Crippen LogP contribution in [0.5, 0.6) is 0 Å². The first kappa shape index (κ1) is 38.6. The maximum absolute atomic E-state index is 14.9. The van der Waals surface area contributed by atoms with E-state index in [1.54, 1.807) is 56.4 Å². The first-order valence-corrected chi connectivity index (χ1v) is 19.5. The molecule has 0 aromatic heterocycles. The molecule has 4 saturated heterocycles. The zero-order valence-electron chi connectivity index (χ0n) is 31.2. The van der Waals surface area contributed by atoms with Crippen LogP contribution in [0, 0.1) is 36.2 Å². The number of benzene rings is 4. The summed E-state index contributed by atoms with van der Waals surface area (Å²) in [4.78, 5) is 67.8. The molecule has 4 aromatic carbocycles. The van der Waals surface area contributed by atoms with E-state index < -0.39 is 46.7 Å². The average Bonchev–Trinajstić information content (AvgIpc) is 3.86. The van der Waals surface area contributed by atoms with E-state index in [-0.39, 0.29) is 40.6 Å². The van der Waals surface area contributed by atoms with E-state index in [0.29, 0.717) is 35.1 Å². The number of aryl methyl sites for hydroxylation is 1. The number of likely N-dealkylation sites (tertiary alicyclic amines) is 1. The van der Waals surface area contributed by atoms with Crippen LogP contribution in [0.1, 0.15) is 41.0 Å². The van der Waals surface area contributed by atoms with Gasteiger partial charge in [0.05, 0.1) is 40.9 Å². The van der Waals surface area contributed by atoms with Gasteiger partial charge in [-0.15, -0.1) is 0 Å². The number of nitrogens with zero attached hydrogens (tertiary/aromatic N) is 6. The van der Waals surface area contributed by atoms with Crippen molar-refractivity contribution in [1.82, 2.24) is 15.1 Å². The van der Waals surface area contributed by atoms with Gasteiger partial charge < -0.3 is 10.2 Å². The topological polar surface area (TPSA) is 121 Å². The summed E-state index contributed by atoms with van der Waals surface area (Å²) in [6.45, 7) is 12.2. The van der Waals surface area contributed by atoms with Crippen molar-refractivity contribution < 1.29 is 19.2 Å². The van der Waals surface area contributed by atoms with E-state index in [9.17, 15) is 24.4 Å². The van der Waals surface area contributed by atoms with Gasteiger partial charge in [-0.2, -0.15) is 5.26 Å². The molecule has 8 rings (SSSR count). The Balaban J connectivity index is 1.19. The van der Waals surface area contributed by atoms with E-state index in [0.717, 1.165) is 21.6 Å². The molecule has 0 radical (unpaired) electrons. The first-order chi connectivity index (χ1) is 27.2. The number of carbonyl (C=O) groups is 4. The van der Waals surface area contributed by atoms with E-state index in [2.05, 4.69) is 21.1 Å². The molecule has 0 aliphatic carbocycles. The molecule has 1 N–H and O–H groups in total. The van der Waals surface area contributed by atoms with E-state index >= 15 is 0 Å². The van der Waals surface area contributed by atoms with Gasteiger partial charge in [0.1, 0.15) is 5.54 Å². The lowest BCUT2D eigenvalue weighted by Gasteiger charge is -2.35. The Labute approximate surface area is 345 Å². The molecular formula is C43H36Cl3N7O4. The number of halogens is 3. The van der Waals surface area contributed by atoms with Crippen molar-refractivity contribution in [2.45, 2.75) is 37.3 Å². The fourth-order valence-corrected chi connectivity index (χ4v) is 10.5. The fraction of sp³-hybridized carbons (Fsp3) is 0.302. The summed E-state index contributed by atoms with van der Waals surface area (Å²) in [7, 11) is 1.62. The molecule has 14 heteroatoms. The van der Waals surface area contributed by atoms with Gasteiger partial charge in [-0.1, -0.05) is 78.1 Å². The summed E-state index contributed by atoms with van der Waals surface area (Å²) in [6, 6.07) is 25.1. The quantitative estimate of drug-likeness (QED) is 0.121. The number of carbonyl (C=O) groups excluding carboxylic acids is 4. The molecule has 11 nitrogen and oxygen atoms in total. The fourth-order valence-electron chi connectivity index (χ4n) is 9.68. The van der Waals surface area contributed by atoms with Crippen molar-refractivity contribution in [3.63, 3.8) is 0 Å². The first-order valence-electron chi connectivity index (χ1n) is 18.4. The van der Waals surface area contributed by atoms with Gasteiger partial charge in [0.15, 0.2) is 5.69 Å². The highest BCUT2D eigenvalue weighted by Gasteiger charge is 2.68. The maximum atomic E-state index is 14.9. The summed E-state index contributed by atoms with van der Waals surface area (Å²) in [6.07, 6.45) is 0. The summed E-state index contributed by atoms with van der Waals surface area (Å²) < 4.78 is 0. The van der Waals surface area contributed by atoms with Crippen LogP contribution in [0.3, 0.4) is 0 Å². The predicted molar refractivity (Wildman–Crippen MR) is 218 cm³/mol. The lowest BCUT2D eigenvalue weighted by atomic mass is 9.66. The largest absolute Gasteiger partial charge is 0.332 e. The van der Waals surface area contributed by atoms with Crippen LogP contribution < -0.4 is 15.1 Å². The molecular weight excluding hydrogens is 785 g/mol. The highest BCUT2D eigenvalue weighted by Crippen LogP contribution is 2.55. The average molecular weight is 821 g/mol. The third kappa shape index (κ3) is 6.00. The second-order valence-corrected chi connectivity index (χ2v) is 16.7. The second kappa shape index (κ2) is 14.3. The molecule has 288 valence electrons. The zero-order valence-corrected chi connectivity index (χ0v) is 33.4. The SMILES string of the molecule is [C-]#[N+]c1ccc([C@H]2C(CN3C[C@@H](c4ccc(C#N)cc4)[C@]4(C3)C(=O)N(c3cc(Cl)cc(Cl)c3)C(=O)N4C)NC[C@@]23C(=O)N(c2cc(C)cc(Cl)c2)C(=O)[C@@H]3C)cc1. The van der Waals surface area contributed by atoms with Crippen LogP contribution in [0.4, 0.5) is 21.9 Å². The molecule has 4 heterocycles. The van der Waals surface area contributed by atoms with E-state index in [1.165, 1.54) is 28.0 Å². The highest BCUT2D eigenvalue weighted by molar-refractivity contribution is 6.36. The summed E-state index contributed by atoms with van der Waals surface area (Å²) in [5.41, 5.74) is 1.38. The number of nitriles is 1. The van der Waals surface area contributed by atoms with Gasteiger partial charge in [-0.3, -0.25) is 19.3 Å². The Morgan fingerprint density at radius 2 is 1.47 bits per heavy atom. The van der Waals surface area contributed by atoms with Crippen LogP contribution >= 0.6 is 34.8 Å². The Kier molecular flexibility index (Phi) is 9.67. The summed E-state index contributed by atoms with van der Waals surface area (Å²) in [5.74, 6) is -2.87. The molecule has 1 unspecified atom stereocenters. The zero-order chi connectivity index (χ0) is 40.6. The summed E-state index contributed by atoms with van der Waals surface area (Å²) in [5, 5.41) is 14.1. The van der Waals surface area contributed by atoms with Crippen molar-refractivity contribution in [2.75, 3.05) is 43.0 Å². The van der Waals surface area contributed by atoms with Crippen molar-refractivity contribution in [2.24, 2.45) is 11.3 Å². The molecule has 0 saturated carbocycles. The number of imide groups is 2. The highest BCUT2D eigenvalue weighted by atomic mass is 35.5. The molecule has 4 aromatic rings. The van der Waals surface area contributed by atoms with Gasteiger partial charge >= 0.3 is 6.03 Å². The number of hydrogen-bond acceptors (Lipinski definition) is 7. The van der Waals surface area contributed by atoms with Crippen molar-refractivity contribution in [1.29, 1.82) is 5.26 Å². The Morgan fingerprint density at radius 1 is 0.860 bits per heavy atom. The van der Waals surface area contributed by atoms with E-state index in [1.807, 2.05) is 31.2 Å². The molecule has 5 amide bonds.